The number of rotatable bonds is 6. The van der Waals surface area contributed by atoms with Crippen LogP contribution in [0.2, 0.25) is 0 Å². The van der Waals surface area contributed by atoms with Crippen molar-refractivity contribution < 1.29 is 9.76 Å². The first-order valence-electron chi connectivity index (χ1n) is 12.2. The Bertz CT molecular complexity index is 1540. The van der Waals surface area contributed by atoms with Crippen molar-refractivity contribution in [1.82, 2.24) is 9.78 Å². The number of aromatic nitrogens is 2. The van der Waals surface area contributed by atoms with Crippen LogP contribution in [0, 0.1) is 10.1 Å². The van der Waals surface area contributed by atoms with E-state index in [2.05, 4.69) is 15.9 Å². The van der Waals surface area contributed by atoms with Gasteiger partial charge in [0.2, 0.25) is 0 Å². The first-order valence-corrected chi connectivity index (χ1v) is 13.0. The van der Waals surface area contributed by atoms with Crippen LogP contribution in [-0.4, -0.2) is 20.7 Å². The van der Waals surface area contributed by atoms with E-state index in [0.717, 1.165) is 27.0 Å². The van der Waals surface area contributed by atoms with Crippen LogP contribution in [0.5, 0.6) is 0 Å². The first kappa shape index (κ1) is 24.1. The molecular weight excluding hydrogens is 544 g/mol. The van der Waals surface area contributed by atoms with E-state index in [1.807, 2.05) is 121 Å². The minimum atomic E-state index is -1.08. The van der Waals surface area contributed by atoms with Gasteiger partial charge < -0.3 is 0 Å². The lowest BCUT2D eigenvalue weighted by Gasteiger charge is -2.24. The van der Waals surface area contributed by atoms with Crippen LogP contribution in [0.3, 0.4) is 0 Å². The third-order valence-corrected chi connectivity index (χ3v) is 7.22. The molecule has 8 heteroatoms. The standard InChI is InChI=1S/C30H23BrN4O3/c31-23-18-16-21(17-19-23)27-26(20-33(32-27)24-12-6-2-7-13-24)28-29(35(36)37)30(22-10-4-1-5-11-22)38-34(28)25-14-8-3-9-15-25/h1-20,28-30H/t28-,29-,30+/m0/s1. The third kappa shape index (κ3) is 4.49. The lowest BCUT2D eigenvalue weighted by molar-refractivity contribution is -0.531. The van der Waals surface area contributed by atoms with Crippen molar-refractivity contribution in [3.05, 3.63) is 147 Å². The maximum Gasteiger partial charge on any atom is 0.272 e. The van der Waals surface area contributed by atoms with Crippen molar-refractivity contribution in [3.8, 4) is 16.9 Å². The highest BCUT2D eigenvalue weighted by atomic mass is 79.9. The Morgan fingerprint density at radius 3 is 1.97 bits per heavy atom. The summed E-state index contributed by atoms with van der Waals surface area (Å²) in [6.45, 7) is 0. The summed E-state index contributed by atoms with van der Waals surface area (Å²) < 4.78 is 2.72. The van der Waals surface area contributed by atoms with Gasteiger partial charge in [-0.1, -0.05) is 94.8 Å². The number of halogens is 1. The zero-order valence-electron chi connectivity index (χ0n) is 20.2. The average molecular weight is 567 g/mol. The SMILES string of the molecule is O=[N+]([O-])[C@@H]1[C@@H](c2ccccc2)ON(c2ccccc2)[C@H]1c1cn(-c2ccccc2)nc1-c1ccc(Br)cc1. The summed E-state index contributed by atoms with van der Waals surface area (Å²) in [6.07, 6.45) is 1.11. The smallest absolute Gasteiger partial charge is 0.264 e. The van der Waals surface area contributed by atoms with Crippen LogP contribution in [0.1, 0.15) is 23.3 Å². The van der Waals surface area contributed by atoms with E-state index in [4.69, 9.17) is 9.94 Å². The highest BCUT2D eigenvalue weighted by molar-refractivity contribution is 9.10. The van der Waals surface area contributed by atoms with Gasteiger partial charge in [0.1, 0.15) is 0 Å². The fraction of sp³-hybridized carbons (Fsp3) is 0.100. The molecule has 0 bridgehead atoms. The van der Waals surface area contributed by atoms with Crippen molar-refractivity contribution in [3.63, 3.8) is 0 Å². The molecule has 38 heavy (non-hydrogen) atoms. The van der Waals surface area contributed by atoms with Crippen molar-refractivity contribution in [2.24, 2.45) is 0 Å². The summed E-state index contributed by atoms with van der Waals surface area (Å²) >= 11 is 3.50. The third-order valence-electron chi connectivity index (χ3n) is 6.70. The largest absolute Gasteiger partial charge is 0.272 e. The summed E-state index contributed by atoms with van der Waals surface area (Å²) in [5.41, 5.74) is 4.57. The zero-order chi connectivity index (χ0) is 26.1. The zero-order valence-corrected chi connectivity index (χ0v) is 21.8. The van der Waals surface area contributed by atoms with Gasteiger partial charge >= 0.3 is 0 Å². The summed E-state index contributed by atoms with van der Waals surface area (Å²) in [6, 6.07) is 34.6. The summed E-state index contributed by atoms with van der Waals surface area (Å²) in [4.78, 5) is 19.0. The minimum Gasteiger partial charge on any atom is -0.264 e. The monoisotopic (exact) mass is 566 g/mol. The lowest BCUT2D eigenvalue weighted by atomic mass is 9.91. The van der Waals surface area contributed by atoms with Crippen molar-refractivity contribution in [1.29, 1.82) is 0 Å². The molecule has 7 nitrogen and oxygen atoms in total. The van der Waals surface area contributed by atoms with Crippen LogP contribution in [-0.2, 0) is 4.84 Å². The van der Waals surface area contributed by atoms with E-state index in [-0.39, 0.29) is 4.92 Å². The average Bonchev–Trinajstić information content (AvgIpc) is 3.58. The number of para-hydroxylation sites is 2. The maximum absolute atomic E-state index is 12.8. The molecule has 1 fully saturated rings. The molecule has 0 amide bonds. The minimum absolute atomic E-state index is 0.226. The number of anilines is 1. The molecule has 0 radical (unpaired) electrons. The highest BCUT2D eigenvalue weighted by Gasteiger charge is 2.54. The van der Waals surface area contributed by atoms with E-state index in [0.29, 0.717) is 11.3 Å². The number of hydrogen-bond donors (Lipinski definition) is 0. The molecule has 1 aromatic heterocycles. The van der Waals surface area contributed by atoms with Gasteiger partial charge in [-0.25, -0.2) is 9.75 Å². The Kier molecular flexibility index (Phi) is 6.49. The summed E-state index contributed by atoms with van der Waals surface area (Å²) in [7, 11) is 0. The molecular formula is C30H23BrN4O3. The Balaban J connectivity index is 1.57. The van der Waals surface area contributed by atoms with Crippen LogP contribution < -0.4 is 5.06 Å². The maximum atomic E-state index is 12.8. The molecule has 1 saturated heterocycles. The second-order valence-electron chi connectivity index (χ2n) is 9.04. The Hall–Kier alpha value is -4.27. The molecule has 3 atom stereocenters. The Morgan fingerprint density at radius 2 is 1.37 bits per heavy atom. The van der Waals surface area contributed by atoms with E-state index < -0.39 is 18.2 Å². The van der Waals surface area contributed by atoms with Crippen LogP contribution >= 0.6 is 15.9 Å². The number of hydroxylamine groups is 1. The van der Waals surface area contributed by atoms with Gasteiger partial charge in [0, 0.05) is 26.7 Å². The molecule has 0 saturated carbocycles. The number of benzene rings is 4. The van der Waals surface area contributed by atoms with Crippen LogP contribution in [0.25, 0.3) is 16.9 Å². The molecule has 1 aliphatic rings. The van der Waals surface area contributed by atoms with Crippen molar-refractivity contribution >= 4 is 21.6 Å². The van der Waals surface area contributed by atoms with Gasteiger partial charge in [0.15, 0.2) is 12.1 Å². The van der Waals surface area contributed by atoms with E-state index in [1.165, 1.54) is 0 Å². The second kappa shape index (κ2) is 10.2. The molecule has 6 rings (SSSR count). The van der Waals surface area contributed by atoms with Gasteiger partial charge in [-0.2, -0.15) is 5.10 Å². The lowest BCUT2D eigenvalue weighted by Crippen LogP contribution is -2.32. The molecule has 2 heterocycles. The molecule has 1 aliphatic heterocycles. The molecule has 188 valence electrons. The molecule has 0 aliphatic carbocycles. The van der Waals surface area contributed by atoms with Gasteiger partial charge in [0.25, 0.3) is 6.04 Å². The normalized spacial score (nSPS) is 19.0. The number of nitro groups is 1. The van der Waals surface area contributed by atoms with Crippen molar-refractivity contribution in [2.75, 3.05) is 5.06 Å². The highest BCUT2D eigenvalue weighted by Crippen LogP contribution is 2.48. The number of hydrogen-bond acceptors (Lipinski definition) is 5. The van der Waals surface area contributed by atoms with E-state index >= 15 is 0 Å². The fourth-order valence-electron chi connectivity index (χ4n) is 4.94. The Morgan fingerprint density at radius 1 is 0.789 bits per heavy atom. The summed E-state index contributed by atoms with van der Waals surface area (Å²) in [5.74, 6) is 0. The van der Waals surface area contributed by atoms with Crippen LogP contribution in [0.4, 0.5) is 5.69 Å². The van der Waals surface area contributed by atoms with E-state index in [1.54, 1.807) is 9.75 Å². The molecule has 5 aromatic rings. The first-order chi connectivity index (χ1) is 18.6. The van der Waals surface area contributed by atoms with Gasteiger partial charge in [-0.05, 0) is 42.0 Å². The van der Waals surface area contributed by atoms with E-state index in [9.17, 15) is 10.1 Å². The van der Waals surface area contributed by atoms with Gasteiger partial charge in [-0.3, -0.25) is 15.0 Å². The van der Waals surface area contributed by atoms with Crippen molar-refractivity contribution in [2.45, 2.75) is 18.2 Å². The quantitative estimate of drug-likeness (QED) is 0.161. The Labute approximate surface area is 228 Å². The van der Waals surface area contributed by atoms with Crippen LogP contribution in [0.15, 0.2) is 126 Å². The fourth-order valence-corrected chi connectivity index (χ4v) is 5.20. The molecule has 0 spiro atoms. The molecule has 0 N–H and O–H groups in total. The summed E-state index contributed by atoms with van der Waals surface area (Å²) in [5, 5.41) is 19.4. The number of nitrogens with zero attached hydrogens (tertiary/aromatic N) is 4. The van der Waals surface area contributed by atoms with Gasteiger partial charge in [0.05, 0.1) is 17.1 Å². The molecule has 0 unspecified atom stereocenters. The molecule has 4 aromatic carbocycles. The second-order valence-corrected chi connectivity index (χ2v) is 9.95. The topological polar surface area (TPSA) is 73.4 Å². The predicted molar refractivity (Wildman–Crippen MR) is 149 cm³/mol. The predicted octanol–water partition coefficient (Wildman–Crippen LogP) is 7.18. The van der Waals surface area contributed by atoms with Gasteiger partial charge in [-0.15, -0.1) is 0 Å².